The van der Waals surface area contributed by atoms with E-state index in [0.717, 1.165) is 33.6 Å². The van der Waals surface area contributed by atoms with Crippen LogP contribution in [0.4, 0.5) is 4.39 Å². The van der Waals surface area contributed by atoms with Gasteiger partial charge in [-0.3, -0.25) is 0 Å². The molecule has 0 spiro atoms. The third-order valence-electron chi connectivity index (χ3n) is 7.61. The SMILES string of the molecule is CC(C)(C)Cc1cc(-c2[c-]cccc2)ncc1[Si](C)(C)C.CC(C)c1cc(-c2[c-]ccc3c2sc2ccccc23)ncc1F.[Ir]. The molecule has 0 amide bonds. The second-order valence-corrected chi connectivity index (χ2v) is 20.0. The Balaban J connectivity index is 0.000000201. The maximum Gasteiger partial charge on any atom is 0.143 e. The van der Waals surface area contributed by atoms with E-state index in [9.17, 15) is 4.39 Å². The molecule has 0 aliphatic rings. The predicted molar refractivity (Wildman–Crippen MR) is 190 cm³/mol. The molecular weight excluding hydrogens is 768 g/mol. The molecule has 0 N–H and O–H groups in total. The molecule has 0 unspecified atom stereocenters. The van der Waals surface area contributed by atoms with Gasteiger partial charge in [-0.2, -0.15) is 11.3 Å². The van der Waals surface area contributed by atoms with Gasteiger partial charge in [-0.25, -0.2) is 4.39 Å². The number of hydrogen-bond donors (Lipinski definition) is 0. The number of hydrogen-bond acceptors (Lipinski definition) is 3. The predicted octanol–water partition coefficient (Wildman–Crippen LogP) is 10.9. The Morgan fingerprint density at radius 3 is 2.22 bits per heavy atom. The second-order valence-electron chi connectivity index (χ2n) is 13.9. The summed E-state index contributed by atoms with van der Waals surface area (Å²) in [7, 11) is -1.37. The van der Waals surface area contributed by atoms with E-state index in [0.29, 0.717) is 5.56 Å². The van der Waals surface area contributed by atoms with E-state index < -0.39 is 8.07 Å². The van der Waals surface area contributed by atoms with Gasteiger partial charge in [-0.15, -0.1) is 59.7 Å². The number of thiophene rings is 1. The molecular formula is C39H41FIrN2SSi-2. The average molecular weight is 809 g/mol. The Morgan fingerprint density at radius 1 is 0.844 bits per heavy atom. The minimum Gasteiger partial charge on any atom is -0.305 e. The normalized spacial score (nSPS) is 11.8. The Labute approximate surface area is 286 Å². The van der Waals surface area contributed by atoms with Crippen molar-refractivity contribution >= 4 is 44.8 Å². The minimum absolute atomic E-state index is 0. The summed E-state index contributed by atoms with van der Waals surface area (Å²) >= 11 is 1.74. The van der Waals surface area contributed by atoms with Crippen molar-refractivity contribution in [2.45, 2.75) is 66.6 Å². The van der Waals surface area contributed by atoms with Crippen LogP contribution >= 0.6 is 11.3 Å². The van der Waals surface area contributed by atoms with Crippen molar-refractivity contribution in [3.63, 3.8) is 0 Å². The van der Waals surface area contributed by atoms with Gasteiger partial charge in [0.1, 0.15) is 5.82 Å². The molecule has 0 aliphatic carbocycles. The fourth-order valence-corrected chi connectivity index (χ4v) is 8.29. The first-order chi connectivity index (χ1) is 20.8. The van der Waals surface area contributed by atoms with Gasteiger partial charge in [0.2, 0.25) is 0 Å². The van der Waals surface area contributed by atoms with Crippen LogP contribution in [0.1, 0.15) is 51.7 Å². The molecule has 0 saturated heterocycles. The van der Waals surface area contributed by atoms with Crippen LogP contribution < -0.4 is 5.19 Å². The summed E-state index contributed by atoms with van der Waals surface area (Å²) in [6.07, 6.45) is 4.53. The monoisotopic (exact) mass is 809 g/mol. The summed E-state index contributed by atoms with van der Waals surface area (Å²) in [6, 6.07) is 31.2. The first kappa shape index (κ1) is 34.8. The summed E-state index contributed by atoms with van der Waals surface area (Å²) in [5.41, 5.74) is 6.29. The molecule has 45 heavy (non-hydrogen) atoms. The molecule has 0 fully saturated rings. The van der Waals surface area contributed by atoms with Gasteiger partial charge in [-0.1, -0.05) is 95.5 Å². The summed E-state index contributed by atoms with van der Waals surface area (Å²) in [4.78, 5) is 9.02. The van der Waals surface area contributed by atoms with E-state index in [1.807, 2.05) is 50.2 Å². The van der Waals surface area contributed by atoms with Crippen molar-refractivity contribution in [2.75, 3.05) is 0 Å². The Kier molecular flexibility index (Phi) is 11.0. The molecule has 3 aromatic heterocycles. The van der Waals surface area contributed by atoms with Crippen LogP contribution in [-0.2, 0) is 26.5 Å². The van der Waals surface area contributed by atoms with E-state index in [4.69, 9.17) is 4.98 Å². The van der Waals surface area contributed by atoms with Crippen molar-refractivity contribution in [3.05, 3.63) is 114 Å². The van der Waals surface area contributed by atoms with E-state index in [1.165, 1.54) is 32.4 Å². The molecule has 2 nitrogen and oxygen atoms in total. The number of rotatable bonds is 5. The van der Waals surface area contributed by atoms with Gasteiger partial charge in [0, 0.05) is 31.0 Å². The zero-order valence-corrected chi connectivity index (χ0v) is 31.6. The van der Waals surface area contributed by atoms with Crippen LogP contribution in [0.25, 0.3) is 42.7 Å². The summed E-state index contributed by atoms with van der Waals surface area (Å²) in [5, 5.41) is 3.93. The Morgan fingerprint density at radius 2 is 1.56 bits per heavy atom. The molecule has 0 atom stereocenters. The molecule has 6 heteroatoms. The van der Waals surface area contributed by atoms with Crippen LogP contribution in [-0.4, -0.2) is 18.0 Å². The molecule has 6 aromatic rings. The average Bonchev–Trinajstić information content (AvgIpc) is 3.36. The maximum atomic E-state index is 13.9. The van der Waals surface area contributed by atoms with Gasteiger partial charge in [0.05, 0.1) is 14.3 Å². The standard InChI is InChI=1S/C20H15FNS.C19H26NSi.Ir/c1-12(2)16-10-18(22-11-17(16)21)15-8-5-7-14-13-6-3-4-9-19(13)23-20(14)15;1-19(2,3)13-16-12-17(15-10-8-7-9-11-15)20-14-18(16)21(4,5)6;/h3-7,9-12H,1-2H3;7-10,12,14H,13H2,1-6H3;/q2*-1;. The largest absolute Gasteiger partial charge is 0.305 e. The van der Waals surface area contributed by atoms with E-state index in [2.05, 4.69) is 100 Å². The van der Waals surface area contributed by atoms with Crippen molar-refractivity contribution in [1.82, 2.24) is 9.97 Å². The van der Waals surface area contributed by atoms with Crippen molar-refractivity contribution < 1.29 is 24.5 Å². The topological polar surface area (TPSA) is 25.8 Å². The van der Waals surface area contributed by atoms with Gasteiger partial charge < -0.3 is 9.97 Å². The van der Waals surface area contributed by atoms with Crippen LogP contribution in [0, 0.1) is 23.4 Å². The van der Waals surface area contributed by atoms with Crippen LogP contribution in [0.15, 0.2) is 85.2 Å². The summed E-state index contributed by atoms with van der Waals surface area (Å²) in [6.45, 7) is 18.1. The van der Waals surface area contributed by atoms with Crippen LogP contribution in [0.2, 0.25) is 19.6 Å². The fourth-order valence-electron chi connectivity index (χ4n) is 5.50. The van der Waals surface area contributed by atoms with E-state index in [-0.39, 0.29) is 37.3 Å². The van der Waals surface area contributed by atoms with Crippen molar-refractivity contribution in [3.8, 4) is 22.5 Å². The Bertz CT molecular complexity index is 1900. The first-order valence-corrected chi connectivity index (χ1v) is 19.6. The fraction of sp³-hybridized carbons (Fsp3) is 0.282. The third-order valence-corrected chi connectivity index (χ3v) is 10.9. The van der Waals surface area contributed by atoms with Crippen molar-refractivity contribution in [1.29, 1.82) is 0 Å². The summed E-state index contributed by atoms with van der Waals surface area (Å²) < 4.78 is 16.3. The molecule has 0 saturated carbocycles. The van der Waals surface area contributed by atoms with Crippen LogP contribution in [0.5, 0.6) is 0 Å². The molecule has 235 valence electrons. The molecule has 1 radical (unpaired) electrons. The van der Waals surface area contributed by atoms with Gasteiger partial charge >= 0.3 is 0 Å². The minimum atomic E-state index is -1.37. The second kappa shape index (κ2) is 14.2. The quantitative estimate of drug-likeness (QED) is 0.128. The maximum absolute atomic E-state index is 13.9. The molecule has 0 bridgehead atoms. The number of halogens is 1. The van der Waals surface area contributed by atoms with Crippen molar-refractivity contribution in [2.24, 2.45) is 5.41 Å². The number of benzene rings is 3. The van der Waals surface area contributed by atoms with Gasteiger partial charge in [0.25, 0.3) is 0 Å². The smallest absolute Gasteiger partial charge is 0.143 e. The zero-order valence-electron chi connectivity index (χ0n) is 27.4. The molecule has 6 rings (SSSR count). The molecule has 3 aromatic carbocycles. The molecule has 3 heterocycles. The molecule has 0 aliphatic heterocycles. The Hall–Kier alpha value is -3.02. The first-order valence-electron chi connectivity index (χ1n) is 15.3. The number of aromatic nitrogens is 2. The van der Waals surface area contributed by atoms with Gasteiger partial charge in [-0.05, 0) is 56.0 Å². The van der Waals surface area contributed by atoms with Gasteiger partial charge in [0.15, 0.2) is 0 Å². The van der Waals surface area contributed by atoms with E-state index >= 15 is 0 Å². The zero-order chi connectivity index (χ0) is 31.6. The number of nitrogens with zero attached hydrogens (tertiary/aromatic N) is 2. The number of pyridine rings is 2. The summed E-state index contributed by atoms with van der Waals surface area (Å²) in [5.74, 6) is -0.120. The third kappa shape index (κ3) is 8.23. The number of fused-ring (bicyclic) bond motifs is 3. The van der Waals surface area contributed by atoms with E-state index in [1.54, 1.807) is 11.3 Å². The van der Waals surface area contributed by atoms with Crippen LogP contribution in [0.3, 0.4) is 0 Å².